The lowest BCUT2D eigenvalue weighted by Gasteiger charge is -2.38. The van der Waals surface area contributed by atoms with E-state index in [2.05, 4.69) is 21.9 Å². The van der Waals surface area contributed by atoms with Gasteiger partial charge in [-0.3, -0.25) is 4.79 Å². The van der Waals surface area contributed by atoms with Crippen molar-refractivity contribution in [3.63, 3.8) is 0 Å². The summed E-state index contributed by atoms with van der Waals surface area (Å²) < 4.78 is 27.6. The van der Waals surface area contributed by atoms with E-state index in [4.69, 9.17) is 32.7 Å². The summed E-state index contributed by atoms with van der Waals surface area (Å²) in [5.74, 6) is -0.404. The van der Waals surface area contributed by atoms with E-state index in [-0.39, 0.29) is 44.8 Å². The van der Waals surface area contributed by atoms with E-state index in [0.717, 1.165) is 4.57 Å². The van der Waals surface area contributed by atoms with Gasteiger partial charge in [0.15, 0.2) is 23.1 Å². The molecule has 3 heterocycles. The fourth-order valence-electron chi connectivity index (χ4n) is 3.87. The zero-order chi connectivity index (χ0) is 24.1. The average molecular weight is 504 g/mol. The third-order valence-corrected chi connectivity index (χ3v) is 6.34. The minimum Gasteiger partial charge on any atom is -0.493 e. The third-order valence-electron chi connectivity index (χ3n) is 5.56. The number of amides is 1. The quantitative estimate of drug-likeness (QED) is 0.421. The number of hydrogen-bond donors (Lipinski definition) is 1. The number of anilines is 1. The number of methoxy groups -OCH3 is 1. The van der Waals surface area contributed by atoms with Gasteiger partial charge in [0.25, 0.3) is 0 Å². The third kappa shape index (κ3) is 3.37. The molecule has 3 aromatic rings. The standard InChI is InChI=1S/C22H16Cl2FN5O4/c1-3-15(31)29-7-10(8-29)34-20-14(33-2)6-12-16-19(20)28-22(32)30(21(16)27-9-26-12)13-5-4-11(23)17(24)18(13)25/h3-6,9-10H,1,7-8H2,2H3,(H,26,27). The van der Waals surface area contributed by atoms with E-state index in [9.17, 15) is 14.0 Å². The zero-order valence-corrected chi connectivity index (χ0v) is 19.2. The summed E-state index contributed by atoms with van der Waals surface area (Å²) in [6, 6.07) is 4.37. The van der Waals surface area contributed by atoms with Crippen molar-refractivity contribution < 1.29 is 18.7 Å². The largest absolute Gasteiger partial charge is 0.493 e. The first-order chi connectivity index (χ1) is 16.3. The predicted octanol–water partition coefficient (Wildman–Crippen LogP) is 3.70. The second-order valence-electron chi connectivity index (χ2n) is 7.52. The molecule has 0 radical (unpaired) electrons. The Morgan fingerprint density at radius 2 is 2.12 bits per heavy atom. The minimum absolute atomic E-state index is 0.00844. The summed E-state index contributed by atoms with van der Waals surface area (Å²) in [5, 5.41) is 3.09. The summed E-state index contributed by atoms with van der Waals surface area (Å²) >= 11 is 11.9. The molecular weight excluding hydrogens is 488 g/mol. The van der Waals surface area contributed by atoms with Gasteiger partial charge in [-0.25, -0.2) is 18.7 Å². The molecule has 0 unspecified atom stereocenters. The van der Waals surface area contributed by atoms with Crippen molar-refractivity contribution in [1.29, 1.82) is 0 Å². The molecule has 0 saturated carbocycles. The number of benzene rings is 2. The molecule has 1 amide bonds. The first-order valence-corrected chi connectivity index (χ1v) is 10.8. The number of carbonyl (C=O) groups excluding carboxylic acids is 1. The van der Waals surface area contributed by atoms with Crippen molar-refractivity contribution >= 4 is 57.9 Å². The summed E-state index contributed by atoms with van der Waals surface area (Å²) in [4.78, 5) is 34.9. The topological polar surface area (TPSA) is 98.0 Å². The van der Waals surface area contributed by atoms with Crippen LogP contribution in [0.4, 0.5) is 15.9 Å². The molecule has 2 aliphatic rings. The Morgan fingerprint density at radius 1 is 1.35 bits per heavy atom. The maximum atomic E-state index is 15.0. The van der Waals surface area contributed by atoms with Crippen LogP contribution in [0.5, 0.6) is 11.5 Å². The number of nitrogens with zero attached hydrogens (tertiary/aromatic N) is 4. The molecule has 0 atom stereocenters. The van der Waals surface area contributed by atoms with Crippen LogP contribution < -0.4 is 20.5 Å². The summed E-state index contributed by atoms with van der Waals surface area (Å²) in [6.07, 6.45) is 2.26. The molecule has 0 aliphatic carbocycles. The molecule has 12 heteroatoms. The van der Waals surface area contributed by atoms with E-state index in [0.29, 0.717) is 29.9 Å². The predicted molar refractivity (Wildman–Crippen MR) is 127 cm³/mol. The van der Waals surface area contributed by atoms with Crippen LogP contribution in [0.2, 0.25) is 10.0 Å². The van der Waals surface area contributed by atoms with E-state index in [1.165, 1.54) is 31.7 Å². The molecular formula is C22H16Cl2FN5O4. The van der Waals surface area contributed by atoms with E-state index >= 15 is 0 Å². The molecule has 0 bridgehead atoms. The number of ether oxygens (including phenoxy) is 2. The summed E-state index contributed by atoms with van der Waals surface area (Å²) in [6.45, 7) is 4.15. The highest BCUT2D eigenvalue weighted by molar-refractivity contribution is 6.42. The Hall–Kier alpha value is -3.63. The molecule has 1 aromatic heterocycles. The molecule has 2 aromatic carbocycles. The van der Waals surface area contributed by atoms with E-state index < -0.39 is 11.5 Å². The van der Waals surface area contributed by atoms with Gasteiger partial charge in [0, 0.05) is 6.07 Å². The van der Waals surface area contributed by atoms with Crippen LogP contribution in [0.1, 0.15) is 0 Å². The highest BCUT2D eigenvalue weighted by Gasteiger charge is 2.33. The van der Waals surface area contributed by atoms with Crippen LogP contribution in [0.15, 0.2) is 40.6 Å². The van der Waals surface area contributed by atoms with Gasteiger partial charge in [-0.1, -0.05) is 29.8 Å². The van der Waals surface area contributed by atoms with Crippen molar-refractivity contribution in [3.8, 4) is 17.2 Å². The summed E-state index contributed by atoms with van der Waals surface area (Å²) in [7, 11) is 1.46. The number of likely N-dealkylation sites (tertiary alicyclic amines) is 1. The van der Waals surface area contributed by atoms with Gasteiger partial charge in [0.05, 0.1) is 53.3 Å². The number of rotatable bonds is 5. The lowest BCUT2D eigenvalue weighted by Crippen LogP contribution is -2.55. The Bertz CT molecular complexity index is 1470. The molecule has 0 spiro atoms. The number of aromatic nitrogens is 2. The normalized spacial score (nSPS) is 14.5. The maximum absolute atomic E-state index is 15.0. The number of aliphatic imine (C=N–C) groups is 1. The van der Waals surface area contributed by atoms with Crippen molar-refractivity contribution in [2.75, 3.05) is 25.5 Å². The lowest BCUT2D eigenvalue weighted by atomic mass is 10.1. The number of hydrogen-bond acceptors (Lipinski definition) is 7. The first-order valence-electron chi connectivity index (χ1n) is 10.0. The van der Waals surface area contributed by atoms with Gasteiger partial charge in [-0.15, -0.1) is 0 Å². The van der Waals surface area contributed by atoms with Crippen molar-refractivity contribution in [3.05, 3.63) is 57.2 Å². The second kappa shape index (κ2) is 8.30. The molecule has 174 valence electrons. The SMILES string of the molecule is C=CC(=O)N1CC(Oc2c(OC)cc3c4c(n(-c5ccc(Cl)c(Cl)c5F)c(=O)nc24)N=CN3)C1. The van der Waals surface area contributed by atoms with Crippen LogP contribution in [-0.2, 0) is 4.79 Å². The molecule has 1 fully saturated rings. The number of nitrogens with one attached hydrogen (secondary N) is 1. The van der Waals surface area contributed by atoms with E-state index in [1.807, 2.05) is 0 Å². The van der Waals surface area contributed by atoms with Crippen molar-refractivity contribution in [1.82, 2.24) is 14.5 Å². The zero-order valence-electron chi connectivity index (χ0n) is 17.6. The van der Waals surface area contributed by atoms with Crippen LogP contribution in [0, 0.1) is 5.82 Å². The van der Waals surface area contributed by atoms with Gasteiger partial charge >= 0.3 is 5.69 Å². The first kappa shape index (κ1) is 22.2. The highest BCUT2D eigenvalue weighted by Crippen LogP contribution is 2.45. The Balaban J connectivity index is 1.69. The van der Waals surface area contributed by atoms with Crippen molar-refractivity contribution in [2.24, 2.45) is 4.99 Å². The maximum Gasteiger partial charge on any atom is 0.354 e. The average Bonchev–Trinajstić information content (AvgIpc) is 2.81. The van der Waals surface area contributed by atoms with Crippen LogP contribution in [-0.4, -0.2) is 53.0 Å². The van der Waals surface area contributed by atoms with Gasteiger partial charge in [0.1, 0.15) is 11.6 Å². The summed E-state index contributed by atoms with van der Waals surface area (Å²) in [5.41, 5.74) is -0.239. The van der Waals surface area contributed by atoms with Gasteiger partial charge in [0.2, 0.25) is 5.91 Å². The molecule has 5 rings (SSSR count). The van der Waals surface area contributed by atoms with Gasteiger partial charge in [-0.05, 0) is 18.2 Å². The molecule has 1 N–H and O–H groups in total. The highest BCUT2D eigenvalue weighted by atomic mass is 35.5. The fourth-order valence-corrected chi connectivity index (χ4v) is 4.17. The van der Waals surface area contributed by atoms with Crippen LogP contribution >= 0.6 is 23.2 Å². The van der Waals surface area contributed by atoms with Gasteiger partial charge < -0.3 is 19.7 Å². The lowest BCUT2D eigenvalue weighted by molar-refractivity contribution is -0.134. The fraction of sp³-hybridized carbons (Fsp3) is 0.182. The molecule has 1 saturated heterocycles. The van der Waals surface area contributed by atoms with Gasteiger partial charge in [-0.2, -0.15) is 4.98 Å². The van der Waals surface area contributed by atoms with Crippen molar-refractivity contribution in [2.45, 2.75) is 6.10 Å². The molecule has 34 heavy (non-hydrogen) atoms. The molecule has 2 aliphatic heterocycles. The monoisotopic (exact) mass is 503 g/mol. The van der Waals surface area contributed by atoms with E-state index in [1.54, 1.807) is 11.0 Å². The Labute approximate surface area is 202 Å². The Kier molecular flexibility index (Phi) is 5.41. The molecule has 9 nitrogen and oxygen atoms in total. The smallest absolute Gasteiger partial charge is 0.354 e. The minimum atomic E-state index is -0.879. The van der Waals surface area contributed by atoms with Crippen LogP contribution in [0.25, 0.3) is 16.6 Å². The number of carbonyl (C=O) groups is 1. The van der Waals surface area contributed by atoms with Crippen LogP contribution in [0.3, 0.4) is 0 Å². The Morgan fingerprint density at radius 3 is 2.82 bits per heavy atom. The second-order valence-corrected chi connectivity index (χ2v) is 8.30. The number of halogens is 3.